The number of aromatic nitrogens is 2. The number of nitrogens with zero attached hydrogens (tertiary/aromatic N) is 2. The van der Waals surface area contributed by atoms with Gasteiger partial charge in [0.2, 0.25) is 29.0 Å². The number of nitrogen functional groups attached to an aromatic ring is 1. The van der Waals surface area contributed by atoms with E-state index >= 15 is 0 Å². The minimum atomic E-state index is -0.448. The zero-order chi connectivity index (χ0) is 20.9. The number of ketones is 2. The fraction of sp³-hybridized carbons (Fsp3) is 0.190. The number of anilines is 1. The molecule has 29 heavy (non-hydrogen) atoms. The first-order valence-corrected chi connectivity index (χ1v) is 8.77. The van der Waals surface area contributed by atoms with E-state index in [1.165, 1.54) is 14.2 Å². The van der Waals surface area contributed by atoms with Crippen molar-refractivity contribution in [2.45, 2.75) is 0 Å². The third kappa shape index (κ3) is 2.56. The Kier molecular flexibility index (Phi) is 4.26. The molecule has 1 heterocycles. The summed E-state index contributed by atoms with van der Waals surface area (Å²) in [4.78, 5) is 30.9. The van der Waals surface area contributed by atoms with Crippen molar-refractivity contribution in [3.8, 4) is 16.9 Å². The van der Waals surface area contributed by atoms with Crippen LogP contribution >= 0.6 is 0 Å². The van der Waals surface area contributed by atoms with Crippen molar-refractivity contribution in [2.24, 2.45) is 7.05 Å². The molecule has 1 aliphatic carbocycles. The number of hydrogen-bond donors (Lipinski definition) is 1. The van der Waals surface area contributed by atoms with Gasteiger partial charge in [-0.1, -0.05) is 12.1 Å². The third-order valence-corrected chi connectivity index (χ3v) is 5.09. The monoisotopic (exact) mass is 393 g/mol. The van der Waals surface area contributed by atoms with Crippen LogP contribution in [-0.2, 0) is 16.5 Å². The van der Waals surface area contributed by atoms with E-state index in [9.17, 15) is 9.59 Å². The molecule has 8 nitrogen and oxygen atoms in total. The molecule has 148 valence electrons. The summed E-state index contributed by atoms with van der Waals surface area (Å²) in [6.45, 7) is 0. The van der Waals surface area contributed by atoms with E-state index < -0.39 is 11.6 Å². The lowest BCUT2D eigenvalue weighted by Crippen LogP contribution is -2.25. The molecule has 2 aromatic carbocycles. The van der Waals surface area contributed by atoms with Gasteiger partial charge in [0.1, 0.15) is 5.75 Å². The Labute approximate surface area is 166 Å². The van der Waals surface area contributed by atoms with E-state index in [4.69, 9.17) is 19.9 Å². The number of aryl methyl sites for hydroxylation is 1. The first kappa shape index (κ1) is 18.5. The molecular weight excluding hydrogens is 374 g/mol. The van der Waals surface area contributed by atoms with Crippen molar-refractivity contribution in [3.63, 3.8) is 0 Å². The summed E-state index contributed by atoms with van der Waals surface area (Å²) in [7, 11) is 5.98. The molecule has 0 atom stereocenters. The van der Waals surface area contributed by atoms with Gasteiger partial charge < -0.3 is 24.5 Å². The lowest BCUT2D eigenvalue weighted by atomic mass is 9.85. The summed E-state index contributed by atoms with van der Waals surface area (Å²) in [5.41, 5.74) is 8.81. The molecule has 1 aromatic heterocycles. The Balaban J connectivity index is 2.13. The fourth-order valence-electron chi connectivity index (χ4n) is 3.61. The SMILES string of the molecule is COC1=C(OC)C(=O)c2c(cc3c(nc(N)n3C)c2-c2ccc(OC)cc2)C1=O. The van der Waals surface area contributed by atoms with E-state index in [1.54, 1.807) is 49.1 Å². The number of imidazole rings is 1. The second-order valence-electron chi connectivity index (χ2n) is 6.52. The molecule has 0 saturated carbocycles. The summed E-state index contributed by atoms with van der Waals surface area (Å²) in [6.07, 6.45) is 0. The number of fused-ring (bicyclic) bond motifs is 2. The lowest BCUT2D eigenvalue weighted by Gasteiger charge is -2.22. The van der Waals surface area contributed by atoms with Crippen molar-refractivity contribution in [3.05, 3.63) is 53.0 Å². The standard InChI is InChI=1S/C21H19N3O5/c1-24-13-9-12-15(18(26)20(29-4)19(28-3)17(12)25)14(16(13)23-21(24)22)10-5-7-11(27-2)8-6-10/h5-9H,1-4H3,(H2,22,23). The number of carbonyl (C=O) groups excluding carboxylic acids is 2. The van der Waals surface area contributed by atoms with Gasteiger partial charge in [0.25, 0.3) is 0 Å². The number of carbonyl (C=O) groups is 2. The number of methoxy groups -OCH3 is 3. The van der Waals surface area contributed by atoms with Gasteiger partial charge in [-0.25, -0.2) is 4.98 Å². The number of ether oxygens (including phenoxy) is 3. The molecule has 8 heteroatoms. The molecule has 0 saturated heterocycles. The molecule has 0 spiro atoms. The Morgan fingerprint density at radius 2 is 1.52 bits per heavy atom. The van der Waals surface area contributed by atoms with Gasteiger partial charge in [0.05, 0.1) is 32.4 Å². The molecular formula is C21H19N3O5. The Morgan fingerprint density at radius 3 is 2.10 bits per heavy atom. The smallest absolute Gasteiger partial charge is 0.233 e. The first-order valence-electron chi connectivity index (χ1n) is 8.77. The number of hydrogen-bond acceptors (Lipinski definition) is 7. The van der Waals surface area contributed by atoms with E-state index in [-0.39, 0.29) is 28.6 Å². The van der Waals surface area contributed by atoms with Gasteiger partial charge >= 0.3 is 0 Å². The van der Waals surface area contributed by atoms with Crippen LogP contribution in [-0.4, -0.2) is 42.4 Å². The first-order chi connectivity index (χ1) is 13.9. The van der Waals surface area contributed by atoms with Crippen LogP contribution in [0.1, 0.15) is 20.7 Å². The second kappa shape index (κ2) is 6.66. The van der Waals surface area contributed by atoms with Crippen molar-refractivity contribution >= 4 is 28.5 Å². The highest BCUT2D eigenvalue weighted by Gasteiger charge is 2.38. The largest absolute Gasteiger partial charge is 0.497 e. The lowest BCUT2D eigenvalue weighted by molar-refractivity contribution is 0.0830. The Hall–Kier alpha value is -3.81. The normalized spacial score (nSPS) is 13.7. The van der Waals surface area contributed by atoms with Gasteiger partial charge in [-0.05, 0) is 23.8 Å². The van der Waals surface area contributed by atoms with Gasteiger partial charge in [-0.15, -0.1) is 0 Å². The Morgan fingerprint density at radius 1 is 0.897 bits per heavy atom. The van der Waals surface area contributed by atoms with E-state index in [1.807, 2.05) is 0 Å². The molecule has 0 amide bonds. The molecule has 4 rings (SSSR count). The molecule has 1 aliphatic rings. The number of allylic oxidation sites excluding steroid dienone is 2. The van der Waals surface area contributed by atoms with Crippen LogP contribution in [0, 0.1) is 0 Å². The summed E-state index contributed by atoms with van der Waals surface area (Å²) in [6, 6.07) is 8.77. The molecule has 0 unspecified atom stereocenters. The minimum Gasteiger partial charge on any atom is -0.497 e. The molecule has 0 bridgehead atoms. The number of nitrogens with two attached hydrogens (primary N) is 1. The van der Waals surface area contributed by atoms with Crippen molar-refractivity contribution in [1.29, 1.82) is 0 Å². The van der Waals surface area contributed by atoms with Crippen LogP contribution < -0.4 is 10.5 Å². The van der Waals surface area contributed by atoms with Crippen molar-refractivity contribution in [1.82, 2.24) is 9.55 Å². The van der Waals surface area contributed by atoms with Crippen LogP contribution in [0.5, 0.6) is 5.75 Å². The predicted octanol–water partition coefficient (Wildman–Crippen LogP) is 2.71. The zero-order valence-electron chi connectivity index (χ0n) is 16.4. The molecule has 0 radical (unpaired) electrons. The maximum atomic E-state index is 13.3. The topological polar surface area (TPSA) is 106 Å². The van der Waals surface area contributed by atoms with Crippen LogP contribution in [0.25, 0.3) is 22.2 Å². The van der Waals surface area contributed by atoms with Crippen LogP contribution in [0.4, 0.5) is 5.95 Å². The summed E-state index contributed by atoms with van der Waals surface area (Å²) < 4.78 is 17.3. The highest BCUT2D eigenvalue weighted by Crippen LogP contribution is 2.40. The van der Waals surface area contributed by atoms with Gasteiger partial charge in [-0.2, -0.15) is 0 Å². The number of benzene rings is 2. The summed E-state index contributed by atoms with van der Waals surface area (Å²) in [5, 5.41) is 0. The molecule has 0 aliphatic heterocycles. The number of Topliss-reactive ketones (excluding diaryl/α,β-unsaturated/α-hetero) is 2. The average molecular weight is 393 g/mol. The van der Waals surface area contributed by atoms with E-state index in [2.05, 4.69) is 4.98 Å². The summed E-state index contributed by atoms with van der Waals surface area (Å²) >= 11 is 0. The van der Waals surface area contributed by atoms with E-state index in [0.717, 1.165) is 0 Å². The van der Waals surface area contributed by atoms with Crippen molar-refractivity contribution in [2.75, 3.05) is 27.1 Å². The van der Waals surface area contributed by atoms with Gasteiger partial charge in [0.15, 0.2) is 0 Å². The highest BCUT2D eigenvalue weighted by atomic mass is 16.5. The van der Waals surface area contributed by atoms with E-state index in [0.29, 0.717) is 27.9 Å². The maximum absolute atomic E-state index is 13.3. The molecule has 2 N–H and O–H groups in total. The third-order valence-electron chi connectivity index (χ3n) is 5.09. The zero-order valence-corrected chi connectivity index (χ0v) is 16.4. The predicted molar refractivity (Wildman–Crippen MR) is 107 cm³/mol. The summed E-state index contributed by atoms with van der Waals surface area (Å²) in [5.74, 6) is -0.213. The van der Waals surface area contributed by atoms with Crippen LogP contribution in [0.2, 0.25) is 0 Å². The fourth-order valence-corrected chi connectivity index (χ4v) is 3.61. The molecule has 3 aromatic rings. The Bertz CT molecular complexity index is 1210. The van der Waals surface area contributed by atoms with Gasteiger partial charge in [-0.3, -0.25) is 9.59 Å². The molecule has 0 fully saturated rings. The highest BCUT2D eigenvalue weighted by molar-refractivity contribution is 6.29. The van der Waals surface area contributed by atoms with Crippen molar-refractivity contribution < 1.29 is 23.8 Å². The average Bonchev–Trinajstić information content (AvgIpc) is 3.02. The van der Waals surface area contributed by atoms with Gasteiger partial charge in [0, 0.05) is 23.7 Å². The van der Waals surface area contributed by atoms with Crippen LogP contribution in [0.15, 0.2) is 41.9 Å². The minimum absolute atomic E-state index is 0.125. The quantitative estimate of drug-likeness (QED) is 0.726. The maximum Gasteiger partial charge on any atom is 0.233 e. The second-order valence-corrected chi connectivity index (χ2v) is 6.52. The van der Waals surface area contributed by atoms with Crippen LogP contribution in [0.3, 0.4) is 0 Å². The number of rotatable bonds is 4.